The summed E-state index contributed by atoms with van der Waals surface area (Å²) in [4.78, 5) is 6.63. The summed E-state index contributed by atoms with van der Waals surface area (Å²) in [6, 6.07) is 5.38. The number of anilines is 1. The maximum Gasteiger partial charge on any atom is 0.191 e. The highest BCUT2D eigenvalue weighted by molar-refractivity contribution is 14.0. The lowest BCUT2D eigenvalue weighted by atomic mass is 10.0. The van der Waals surface area contributed by atoms with E-state index in [1.165, 1.54) is 0 Å². The lowest BCUT2D eigenvalue weighted by Crippen LogP contribution is -2.45. The fraction of sp³-hybridized carbons (Fsp3) is 0.650. The number of aliphatic imine (C=N–C) groups is 1. The fourth-order valence-corrected chi connectivity index (χ4v) is 3.47. The number of rotatable bonds is 6. The first-order valence-corrected chi connectivity index (χ1v) is 9.87. The molecule has 1 unspecified atom stereocenters. The zero-order valence-corrected chi connectivity index (χ0v) is 19.1. The summed E-state index contributed by atoms with van der Waals surface area (Å²) in [6.07, 6.45) is 2.15. The third-order valence-electron chi connectivity index (χ3n) is 5.06. The van der Waals surface area contributed by atoms with E-state index in [2.05, 4.69) is 22.5 Å². The van der Waals surface area contributed by atoms with Crippen LogP contribution in [0.3, 0.4) is 0 Å². The number of benzene rings is 1. The van der Waals surface area contributed by atoms with Crippen LogP contribution in [0.15, 0.2) is 23.2 Å². The number of ether oxygens (including phenoxy) is 2. The molecular formula is C20H32FIN4O2. The van der Waals surface area contributed by atoms with Crippen molar-refractivity contribution in [1.82, 2.24) is 10.6 Å². The monoisotopic (exact) mass is 506 g/mol. The Kier molecular flexibility index (Phi) is 9.23. The largest absolute Gasteiger partial charge is 0.378 e. The van der Waals surface area contributed by atoms with Crippen molar-refractivity contribution in [2.24, 2.45) is 4.99 Å². The molecule has 2 N–H and O–H groups in total. The summed E-state index contributed by atoms with van der Waals surface area (Å²) < 4.78 is 25.7. The molecule has 0 amide bonds. The Morgan fingerprint density at radius 1 is 1.25 bits per heavy atom. The Hall–Kier alpha value is -1.13. The van der Waals surface area contributed by atoms with Gasteiger partial charge in [0.25, 0.3) is 0 Å². The van der Waals surface area contributed by atoms with E-state index in [0.29, 0.717) is 32.0 Å². The second-order valence-corrected chi connectivity index (χ2v) is 7.34. The molecule has 1 atom stereocenters. The fourth-order valence-electron chi connectivity index (χ4n) is 3.47. The maximum absolute atomic E-state index is 14.5. The Bertz CT molecular complexity index is 647. The molecule has 0 aliphatic carbocycles. The molecule has 0 spiro atoms. The van der Waals surface area contributed by atoms with Gasteiger partial charge in [-0.2, -0.15) is 0 Å². The predicted octanol–water partition coefficient (Wildman–Crippen LogP) is 2.90. The van der Waals surface area contributed by atoms with Gasteiger partial charge in [0.2, 0.25) is 0 Å². The van der Waals surface area contributed by atoms with Crippen LogP contribution >= 0.6 is 24.0 Å². The third kappa shape index (κ3) is 6.45. The van der Waals surface area contributed by atoms with Gasteiger partial charge < -0.3 is 25.0 Å². The minimum atomic E-state index is -0.200. The van der Waals surface area contributed by atoms with Gasteiger partial charge in [-0.3, -0.25) is 0 Å². The van der Waals surface area contributed by atoms with E-state index in [0.717, 1.165) is 50.6 Å². The van der Waals surface area contributed by atoms with Crippen LogP contribution in [0.4, 0.5) is 10.1 Å². The normalized spacial score (nSPS) is 22.7. The zero-order valence-electron chi connectivity index (χ0n) is 16.8. The average molecular weight is 506 g/mol. The Labute approximate surface area is 184 Å². The summed E-state index contributed by atoms with van der Waals surface area (Å²) in [5, 5.41) is 6.59. The van der Waals surface area contributed by atoms with Crippen molar-refractivity contribution < 1.29 is 13.9 Å². The number of nitrogens with one attached hydrogen (secondary N) is 2. The zero-order chi connectivity index (χ0) is 19.1. The van der Waals surface area contributed by atoms with Crippen LogP contribution in [0.5, 0.6) is 0 Å². The van der Waals surface area contributed by atoms with E-state index >= 15 is 0 Å². The highest BCUT2D eigenvalue weighted by atomic mass is 127. The van der Waals surface area contributed by atoms with Crippen LogP contribution in [-0.2, 0) is 16.0 Å². The first-order chi connectivity index (χ1) is 13.1. The molecule has 2 aliphatic heterocycles. The number of halogens is 2. The van der Waals surface area contributed by atoms with Crippen LogP contribution in [0.2, 0.25) is 0 Å². The van der Waals surface area contributed by atoms with Crippen molar-refractivity contribution in [3.8, 4) is 0 Å². The number of nitrogens with zero attached hydrogens (tertiary/aromatic N) is 2. The van der Waals surface area contributed by atoms with Crippen LogP contribution < -0.4 is 15.5 Å². The van der Waals surface area contributed by atoms with Crippen LogP contribution in [-0.4, -0.2) is 57.6 Å². The molecule has 2 aliphatic rings. The number of guanidine groups is 1. The second kappa shape index (κ2) is 11.2. The molecule has 0 saturated carbocycles. The number of hydrogen-bond donors (Lipinski definition) is 2. The summed E-state index contributed by atoms with van der Waals surface area (Å²) in [6.45, 7) is 9.62. The lowest BCUT2D eigenvalue weighted by Gasteiger charge is -2.29. The predicted molar refractivity (Wildman–Crippen MR) is 121 cm³/mol. The van der Waals surface area contributed by atoms with Gasteiger partial charge in [0.05, 0.1) is 31.0 Å². The standard InChI is InChI=1S/C20H31FN4O2.HI/c1-3-22-19(24-15-20(2)7-4-10-27-20)23-14-16-5-6-18(17(21)13-16)25-8-11-26-12-9-25;/h5-6,13H,3-4,7-12,14-15H2,1-2H3,(H2,22,23,24);1H. The van der Waals surface area contributed by atoms with Gasteiger partial charge in [0.1, 0.15) is 5.82 Å². The topological polar surface area (TPSA) is 58.1 Å². The first-order valence-electron chi connectivity index (χ1n) is 9.87. The van der Waals surface area contributed by atoms with Gasteiger partial charge in [-0.25, -0.2) is 9.38 Å². The SMILES string of the molecule is CCNC(=NCc1ccc(N2CCOCC2)c(F)c1)NCC1(C)CCCO1.I. The summed E-state index contributed by atoms with van der Waals surface area (Å²) in [5.74, 6) is 0.529. The maximum atomic E-state index is 14.5. The molecule has 2 fully saturated rings. The van der Waals surface area contributed by atoms with Crippen LogP contribution in [0.25, 0.3) is 0 Å². The Balaban J connectivity index is 0.00000280. The van der Waals surface area contributed by atoms with E-state index in [4.69, 9.17) is 9.47 Å². The van der Waals surface area contributed by atoms with Gasteiger partial charge >= 0.3 is 0 Å². The molecule has 2 saturated heterocycles. The molecule has 158 valence electrons. The molecule has 1 aromatic carbocycles. The van der Waals surface area contributed by atoms with E-state index in [1.807, 2.05) is 24.0 Å². The van der Waals surface area contributed by atoms with Crippen LogP contribution in [0, 0.1) is 5.82 Å². The van der Waals surface area contributed by atoms with Gasteiger partial charge in [-0.05, 0) is 44.4 Å². The van der Waals surface area contributed by atoms with Crippen molar-refractivity contribution >= 4 is 35.6 Å². The minimum Gasteiger partial charge on any atom is -0.378 e. The molecule has 0 bridgehead atoms. The van der Waals surface area contributed by atoms with Crippen molar-refractivity contribution in [3.05, 3.63) is 29.6 Å². The van der Waals surface area contributed by atoms with Gasteiger partial charge in [-0.1, -0.05) is 6.07 Å². The van der Waals surface area contributed by atoms with Crippen molar-refractivity contribution in [3.63, 3.8) is 0 Å². The van der Waals surface area contributed by atoms with Crippen LogP contribution in [0.1, 0.15) is 32.3 Å². The van der Waals surface area contributed by atoms with Gasteiger partial charge in [-0.15, -0.1) is 24.0 Å². The average Bonchev–Trinajstić information content (AvgIpc) is 3.12. The molecule has 0 aromatic heterocycles. The molecule has 28 heavy (non-hydrogen) atoms. The summed E-state index contributed by atoms with van der Waals surface area (Å²) in [5.41, 5.74) is 1.36. The Morgan fingerprint density at radius 3 is 2.68 bits per heavy atom. The number of morpholine rings is 1. The quantitative estimate of drug-likeness (QED) is 0.353. The van der Waals surface area contributed by atoms with Crippen molar-refractivity contribution in [1.29, 1.82) is 0 Å². The minimum absolute atomic E-state index is 0. The van der Waals surface area contributed by atoms with E-state index in [-0.39, 0.29) is 35.4 Å². The molecule has 0 radical (unpaired) electrons. The molecule has 2 heterocycles. The smallest absolute Gasteiger partial charge is 0.191 e. The third-order valence-corrected chi connectivity index (χ3v) is 5.06. The van der Waals surface area contributed by atoms with Crippen molar-refractivity contribution in [2.75, 3.05) is 50.9 Å². The van der Waals surface area contributed by atoms with Crippen molar-refractivity contribution in [2.45, 2.75) is 38.8 Å². The molecule has 1 aromatic rings. The molecule has 3 rings (SSSR count). The molecule has 8 heteroatoms. The first kappa shape index (κ1) is 23.2. The highest BCUT2D eigenvalue weighted by Gasteiger charge is 2.29. The van der Waals surface area contributed by atoms with E-state index in [9.17, 15) is 4.39 Å². The van der Waals surface area contributed by atoms with Gasteiger partial charge in [0, 0.05) is 32.8 Å². The molecule has 6 nitrogen and oxygen atoms in total. The number of hydrogen-bond acceptors (Lipinski definition) is 4. The van der Waals surface area contributed by atoms with E-state index in [1.54, 1.807) is 6.07 Å². The lowest BCUT2D eigenvalue weighted by molar-refractivity contribution is 0.0243. The second-order valence-electron chi connectivity index (χ2n) is 7.34. The van der Waals surface area contributed by atoms with E-state index < -0.39 is 0 Å². The summed E-state index contributed by atoms with van der Waals surface area (Å²) >= 11 is 0. The summed E-state index contributed by atoms with van der Waals surface area (Å²) in [7, 11) is 0. The Morgan fingerprint density at radius 2 is 2.04 bits per heavy atom. The molecular weight excluding hydrogens is 474 g/mol. The van der Waals surface area contributed by atoms with Gasteiger partial charge in [0.15, 0.2) is 5.96 Å². The highest BCUT2D eigenvalue weighted by Crippen LogP contribution is 2.24.